The van der Waals surface area contributed by atoms with Crippen molar-refractivity contribution in [2.24, 2.45) is 0 Å². The van der Waals surface area contributed by atoms with Crippen molar-refractivity contribution >= 4 is 19.7 Å². The van der Waals surface area contributed by atoms with Gasteiger partial charge in [0.2, 0.25) is 0 Å². The van der Waals surface area contributed by atoms with Crippen LogP contribution in [0.15, 0.2) is 15.8 Å². The van der Waals surface area contributed by atoms with Gasteiger partial charge in [-0.3, -0.25) is 14.3 Å². The fourth-order valence-electron chi connectivity index (χ4n) is 1.12. The average Bonchev–Trinajstić information content (AvgIpc) is 2.18. The number of aromatic amines is 1. The van der Waals surface area contributed by atoms with Crippen LogP contribution in [0.2, 0.25) is 30.7 Å². The summed E-state index contributed by atoms with van der Waals surface area (Å²) >= 11 is 5.62. The predicted molar refractivity (Wildman–Crippen MR) is 70.4 cm³/mol. The highest BCUT2D eigenvalue weighted by Gasteiger charge is 2.12. The minimum absolute atomic E-state index is 0.0154. The molecule has 0 radical (unpaired) electrons. The number of rotatable bonds is 5. The number of H-pyrrole nitrogens is 1. The van der Waals surface area contributed by atoms with Crippen molar-refractivity contribution in [3.63, 3.8) is 0 Å². The molecule has 0 fully saturated rings. The van der Waals surface area contributed by atoms with E-state index in [0.29, 0.717) is 6.61 Å². The molecule has 0 bridgehead atoms. The first-order chi connectivity index (χ1) is 7.79. The molecule has 1 rings (SSSR count). The van der Waals surface area contributed by atoms with Gasteiger partial charge in [-0.2, -0.15) is 0 Å². The summed E-state index contributed by atoms with van der Waals surface area (Å²) in [7, 11) is -1.13. The smallest absolute Gasteiger partial charge is 0.330 e. The Bertz CT molecular complexity index is 490. The second-order valence-corrected chi connectivity index (χ2v) is 11.1. The summed E-state index contributed by atoms with van der Waals surface area (Å²) < 4.78 is 6.63. The Balaban J connectivity index is 2.56. The first kappa shape index (κ1) is 14.2. The maximum atomic E-state index is 11.4. The summed E-state index contributed by atoms with van der Waals surface area (Å²) in [6.07, 6.45) is 1.29. The van der Waals surface area contributed by atoms with Crippen molar-refractivity contribution in [1.29, 1.82) is 0 Å². The first-order valence-electron chi connectivity index (χ1n) is 5.36. The molecule has 96 valence electrons. The van der Waals surface area contributed by atoms with Crippen LogP contribution in [-0.2, 0) is 11.5 Å². The lowest BCUT2D eigenvalue weighted by Gasteiger charge is -2.15. The zero-order valence-corrected chi connectivity index (χ0v) is 12.0. The summed E-state index contributed by atoms with van der Waals surface area (Å²) in [6, 6.07) is 1.03. The summed E-state index contributed by atoms with van der Waals surface area (Å²) in [5, 5.41) is -0.0154. The number of ether oxygens (including phenoxy) is 1. The van der Waals surface area contributed by atoms with Crippen molar-refractivity contribution in [3.8, 4) is 0 Å². The molecule has 0 aromatic carbocycles. The summed E-state index contributed by atoms with van der Waals surface area (Å²) in [6.45, 7) is 7.47. The van der Waals surface area contributed by atoms with Gasteiger partial charge in [-0.25, -0.2) is 4.79 Å². The topological polar surface area (TPSA) is 64.1 Å². The third-order valence-electron chi connectivity index (χ3n) is 2.19. The van der Waals surface area contributed by atoms with Crippen LogP contribution in [0, 0.1) is 0 Å². The molecule has 0 aliphatic rings. The molecule has 17 heavy (non-hydrogen) atoms. The highest BCUT2D eigenvalue weighted by Crippen LogP contribution is 2.07. The normalized spacial score (nSPS) is 11.8. The second-order valence-electron chi connectivity index (χ2n) is 5.05. The van der Waals surface area contributed by atoms with Crippen LogP contribution in [0.1, 0.15) is 0 Å². The Morgan fingerprint density at radius 3 is 2.65 bits per heavy atom. The third-order valence-corrected chi connectivity index (χ3v) is 4.17. The standard InChI is InChI=1S/C10H17ClN2O3Si/c1-17(2,3)5-4-16-7-13-6-8(11)9(14)12-10(13)15/h6H,4-5,7H2,1-3H3,(H,12,14,15). The van der Waals surface area contributed by atoms with Gasteiger partial charge in [-0.05, 0) is 6.04 Å². The lowest BCUT2D eigenvalue weighted by Crippen LogP contribution is -2.31. The molecule has 0 saturated heterocycles. The molecule has 7 heteroatoms. The van der Waals surface area contributed by atoms with Gasteiger partial charge in [0, 0.05) is 20.9 Å². The highest BCUT2D eigenvalue weighted by atomic mass is 35.5. The summed E-state index contributed by atoms with van der Waals surface area (Å²) in [5.74, 6) is 0. The Morgan fingerprint density at radius 1 is 1.41 bits per heavy atom. The van der Waals surface area contributed by atoms with Gasteiger partial charge in [-0.1, -0.05) is 31.2 Å². The number of hydrogen-bond acceptors (Lipinski definition) is 3. The van der Waals surface area contributed by atoms with Gasteiger partial charge < -0.3 is 4.74 Å². The van der Waals surface area contributed by atoms with Crippen LogP contribution in [0.3, 0.4) is 0 Å². The molecule has 0 unspecified atom stereocenters. The Morgan fingerprint density at radius 2 is 2.06 bits per heavy atom. The molecule has 1 heterocycles. The lowest BCUT2D eigenvalue weighted by molar-refractivity contribution is 0.0837. The molecular weight excluding hydrogens is 260 g/mol. The van der Waals surface area contributed by atoms with E-state index in [9.17, 15) is 9.59 Å². The Hall–Kier alpha value is -0.853. The molecule has 1 aromatic rings. The number of nitrogens with zero attached hydrogens (tertiary/aromatic N) is 1. The van der Waals surface area contributed by atoms with E-state index in [-0.39, 0.29) is 11.8 Å². The maximum absolute atomic E-state index is 11.4. The van der Waals surface area contributed by atoms with Crippen LogP contribution in [0.25, 0.3) is 0 Å². The molecule has 0 atom stereocenters. The third kappa shape index (κ3) is 4.89. The van der Waals surface area contributed by atoms with Crippen molar-refractivity contribution < 1.29 is 4.74 Å². The molecule has 0 spiro atoms. The zero-order valence-electron chi connectivity index (χ0n) is 10.2. The molecule has 1 N–H and O–H groups in total. The highest BCUT2D eigenvalue weighted by molar-refractivity contribution is 6.76. The van der Waals surface area contributed by atoms with E-state index in [2.05, 4.69) is 24.6 Å². The van der Waals surface area contributed by atoms with Crippen molar-refractivity contribution in [2.75, 3.05) is 6.61 Å². The molecule has 0 saturated carbocycles. The summed E-state index contributed by atoms with van der Waals surface area (Å²) in [5.41, 5.74) is -1.08. The number of nitrogens with one attached hydrogen (secondary N) is 1. The number of halogens is 1. The van der Waals surface area contributed by atoms with Gasteiger partial charge in [0.1, 0.15) is 11.8 Å². The van der Waals surface area contributed by atoms with Gasteiger partial charge in [-0.15, -0.1) is 0 Å². The van der Waals surface area contributed by atoms with Gasteiger partial charge in [0.05, 0.1) is 0 Å². The molecular formula is C10H17ClN2O3Si. The van der Waals surface area contributed by atoms with Crippen LogP contribution in [-0.4, -0.2) is 24.2 Å². The van der Waals surface area contributed by atoms with E-state index >= 15 is 0 Å². The summed E-state index contributed by atoms with van der Waals surface area (Å²) in [4.78, 5) is 24.5. The van der Waals surface area contributed by atoms with E-state index in [1.165, 1.54) is 10.8 Å². The van der Waals surface area contributed by atoms with Crippen LogP contribution < -0.4 is 11.2 Å². The first-order valence-corrected chi connectivity index (χ1v) is 9.45. The minimum atomic E-state index is -1.13. The van der Waals surface area contributed by atoms with E-state index in [1.54, 1.807) is 0 Å². The Labute approximate surface area is 105 Å². The number of aromatic nitrogens is 2. The van der Waals surface area contributed by atoms with E-state index in [1.807, 2.05) is 0 Å². The Kier molecular flexibility index (Phi) is 4.73. The second kappa shape index (κ2) is 5.66. The quantitative estimate of drug-likeness (QED) is 0.655. The molecule has 1 aromatic heterocycles. The van der Waals surface area contributed by atoms with Crippen molar-refractivity contribution in [3.05, 3.63) is 32.1 Å². The number of hydrogen-bond donors (Lipinski definition) is 1. The van der Waals surface area contributed by atoms with Crippen molar-refractivity contribution in [1.82, 2.24) is 9.55 Å². The van der Waals surface area contributed by atoms with Crippen LogP contribution in [0.4, 0.5) is 0 Å². The monoisotopic (exact) mass is 276 g/mol. The van der Waals surface area contributed by atoms with Crippen molar-refractivity contribution in [2.45, 2.75) is 32.4 Å². The average molecular weight is 277 g/mol. The zero-order chi connectivity index (χ0) is 13.1. The van der Waals surface area contributed by atoms with Gasteiger partial charge >= 0.3 is 5.69 Å². The minimum Gasteiger partial charge on any atom is -0.361 e. The van der Waals surface area contributed by atoms with Gasteiger partial charge in [0.15, 0.2) is 0 Å². The SMILES string of the molecule is C[Si](C)(C)CCOCn1cc(Cl)c(=O)[nH]c1=O. The lowest BCUT2D eigenvalue weighted by atomic mass is 10.6. The maximum Gasteiger partial charge on any atom is 0.330 e. The molecule has 5 nitrogen and oxygen atoms in total. The van der Waals surface area contributed by atoms with Gasteiger partial charge in [0.25, 0.3) is 5.56 Å². The largest absolute Gasteiger partial charge is 0.361 e. The van der Waals surface area contributed by atoms with Crippen LogP contribution in [0.5, 0.6) is 0 Å². The fourth-order valence-corrected chi connectivity index (χ4v) is 2.04. The van der Waals surface area contributed by atoms with E-state index < -0.39 is 19.3 Å². The van der Waals surface area contributed by atoms with Crippen LogP contribution >= 0.6 is 11.6 Å². The molecule has 0 aliphatic carbocycles. The molecule has 0 aliphatic heterocycles. The van der Waals surface area contributed by atoms with E-state index in [0.717, 1.165) is 6.04 Å². The van der Waals surface area contributed by atoms with E-state index in [4.69, 9.17) is 16.3 Å². The predicted octanol–water partition coefficient (Wildman–Crippen LogP) is 1.50. The fraction of sp³-hybridized carbons (Fsp3) is 0.600. The molecule has 0 amide bonds.